The summed E-state index contributed by atoms with van der Waals surface area (Å²) in [5.41, 5.74) is 2.84. The second kappa shape index (κ2) is 16.8. The van der Waals surface area contributed by atoms with E-state index in [1.54, 1.807) is 84.9 Å². The number of nitrogens with one attached hydrogen (secondary N) is 3. The molecular formula is C38H30ClN3O6S. The lowest BCUT2D eigenvalue weighted by Crippen LogP contribution is -2.30. The first-order valence-electron chi connectivity index (χ1n) is 15.0. The average Bonchev–Trinajstić information content (AvgIpc) is 3.12. The number of hydrogen-bond donors (Lipinski definition) is 4. The van der Waals surface area contributed by atoms with E-state index in [0.29, 0.717) is 34.9 Å². The Morgan fingerprint density at radius 2 is 1.41 bits per heavy atom. The Hall–Kier alpha value is -5.84. The van der Waals surface area contributed by atoms with Gasteiger partial charge in [-0.2, -0.15) is 0 Å². The standard InChI is InChI=1S/C38H30ClN3O6S/c39-33-20-15-29(22-32(33)38(46)47)40-35(43)24-49-31-18-13-28(14-19-31)41-37(45)34(42-36(44)27-9-5-2-6-10-27)21-25-11-16-30(17-12-25)48-23-26-7-3-1-4-8-26/h1-22H,23-24H2,(H,40,43)(H,41,45)(H,42,44)(H,46,47)/b34-21-. The van der Waals surface area contributed by atoms with Crippen LogP contribution in [-0.4, -0.2) is 34.6 Å². The Kier molecular flexibility index (Phi) is 11.8. The molecule has 0 fully saturated rings. The molecule has 5 aromatic rings. The lowest BCUT2D eigenvalue weighted by atomic mass is 10.1. The van der Waals surface area contributed by atoms with Crippen molar-refractivity contribution in [2.24, 2.45) is 0 Å². The van der Waals surface area contributed by atoms with Crippen molar-refractivity contribution in [2.75, 3.05) is 16.4 Å². The molecule has 5 aromatic carbocycles. The maximum atomic E-state index is 13.4. The second-order valence-electron chi connectivity index (χ2n) is 10.5. The number of amides is 3. The highest BCUT2D eigenvalue weighted by Crippen LogP contribution is 2.24. The third-order valence-corrected chi connectivity index (χ3v) is 8.27. The zero-order chi connectivity index (χ0) is 34.6. The van der Waals surface area contributed by atoms with Crippen LogP contribution in [0.3, 0.4) is 0 Å². The summed E-state index contributed by atoms with van der Waals surface area (Å²) in [4.78, 5) is 51.0. The molecule has 0 saturated carbocycles. The highest BCUT2D eigenvalue weighted by molar-refractivity contribution is 8.00. The number of carboxylic acids is 1. The van der Waals surface area contributed by atoms with E-state index in [2.05, 4.69) is 16.0 Å². The van der Waals surface area contributed by atoms with Crippen molar-refractivity contribution in [3.8, 4) is 5.75 Å². The number of ether oxygens (including phenoxy) is 1. The van der Waals surface area contributed by atoms with Crippen LogP contribution in [0, 0.1) is 0 Å². The number of halogens is 1. The zero-order valence-electron chi connectivity index (χ0n) is 25.9. The summed E-state index contributed by atoms with van der Waals surface area (Å²) in [6.07, 6.45) is 1.58. The molecule has 9 nitrogen and oxygen atoms in total. The van der Waals surface area contributed by atoms with E-state index < -0.39 is 17.8 Å². The molecule has 0 aliphatic carbocycles. The monoisotopic (exact) mass is 691 g/mol. The number of carboxylic acid groups (broad SMARTS) is 1. The number of carbonyl (C=O) groups excluding carboxylic acids is 3. The molecule has 0 aromatic heterocycles. The molecule has 0 atom stereocenters. The Balaban J connectivity index is 1.22. The van der Waals surface area contributed by atoms with Gasteiger partial charge < -0.3 is 25.8 Å². The Morgan fingerprint density at radius 3 is 2.08 bits per heavy atom. The molecule has 0 heterocycles. The normalized spacial score (nSPS) is 10.9. The number of hydrogen-bond acceptors (Lipinski definition) is 6. The minimum absolute atomic E-state index is 0.0372. The topological polar surface area (TPSA) is 134 Å². The molecule has 0 saturated heterocycles. The molecule has 0 aliphatic rings. The minimum Gasteiger partial charge on any atom is -0.489 e. The van der Waals surface area contributed by atoms with Crippen LogP contribution in [0.15, 0.2) is 138 Å². The van der Waals surface area contributed by atoms with Gasteiger partial charge in [0.2, 0.25) is 5.91 Å². The van der Waals surface area contributed by atoms with Crippen molar-refractivity contribution >= 4 is 64.5 Å². The van der Waals surface area contributed by atoms with E-state index in [9.17, 15) is 24.3 Å². The van der Waals surface area contributed by atoms with Gasteiger partial charge in [-0.15, -0.1) is 11.8 Å². The first-order valence-corrected chi connectivity index (χ1v) is 16.3. The third kappa shape index (κ3) is 10.3. The molecule has 0 unspecified atom stereocenters. The van der Waals surface area contributed by atoms with Gasteiger partial charge in [-0.1, -0.05) is 72.3 Å². The van der Waals surface area contributed by atoms with Crippen molar-refractivity contribution in [1.82, 2.24) is 5.32 Å². The first kappa shape index (κ1) is 34.5. The van der Waals surface area contributed by atoms with Crippen LogP contribution in [0.25, 0.3) is 6.08 Å². The molecule has 11 heteroatoms. The Bertz CT molecular complexity index is 1970. The summed E-state index contributed by atoms with van der Waals surface area (Å²) in [6, 6.07) is 36.7. The van der Waals surface area contributed by atoms with Crippen molar-refractivity contribution in [1.29, 1.82) is 0 Å². The van der Waals surface area contributed by atoms with E-state index in [1.165, 1.54) is 30.0 Å². The number of carbonyl (C=O) groups is 4. The predicted molar refractivity (Wildman–Crippen MR) is 192 cm³/mol. The third-order valence-electron chi connectivity index (χ3n) is 6.93. The summed E-state index contributed by atoms with van der Waals surface area (Å²) >= 11 is 7.16. The molecule has 49 heavy (non-hydrogen) atoms. The van der Waals surface area contributed by atoms with Crippen molar-refractivity contribution in [2.45, 2.75) is 11.5 Å². The molecule has 0 radical (unpaired) electrons. The summed E-state index contributed by atoms with van der Waals surface area (Å²) in [5.74, 6) is -1.77. The molecule has 4 N–H and O–H groups in total. The lowest BCUT2D eigenvalue weighted by molar-refractivity contribution is -0.114. The summed E-state index contributed by atoms with van der Waals surface area (Å²) < 4.78 is 5.87. The Labute approximate surface area is 292 Å². The fourth-order valence-electron chi connectivity index (χ4n) is 4.46. The maximum absolute atomic E-state index is 13.4. The van der Waals surface area contributed by atoms with Crippen LogP contribution < -0.4 is 20.7 Å². The van der Waals surface area contributed by atoms with Gasteiger partial charge >= 0.3 is 5.97 Å². The van der Waals surface area contributed by atoms with Gasteiger partial charge in [0.25, 0.3) is 11.8 Å². The van der Waals surface area contributed by atoms with Crippen LogP contribution in [0.4, 0.5) is 11.4 Å². The molecule has 5 rings (SSSR count). The fraction of sp³-hybridized carbons (Fsp3) is 0.0526. The summed E-state index contributed by atoms with van der Waals surface area (Å²) in [5, 5.41) is 17.5. The van der Waals surface area contributed by atoms with Gasteiger partial charge in [-0.25, -0.2) is 4.79 Å². The van der Waals surface area contributed by atoms with Crippen LogP contribution in [-0.2, 0) is 16.2 Å². The highest BCUT2D eigenvalue weighted by Gasteiger charge is 2.16. The van der Waals surface area contributed by atoms with Gasteiger partial charge in [0, 0.05) is 21.8 Å². The average molecular weight is 692 g/mol. The van der Waals surface area contributed by atoms with Crippen LogP contribution in [0.1, 0.15) is 31.8 Å². The maximum Gasteiger partial charge on any atom is 0.337 e. The SMILES string of the molecule is O=C(CSc1ccc(NC(=O)/C(=C/c2ccc(OCc3ccccc3)cc2)NC(=O)c2ccccc2)cc1)Nc1ccc(Cl)c(C(=O)O)c1. The van der Waals surface area contributed by atoms with Gasteiger partial charge in [-0.3, -0.25) is 14.4 Å². The smallest absolute Gasteiger partial charge is 0.337 e. The van der Waals surface area contributed by atoms with Gasteiger partial charge in [-0.05, 0) is 83.9 Å². The summed E-state index contributed by atoms with van der Waals surface area (Å²) in [6.45, 7) is 0.417. The molecule has 246 valence electrons. The van der Waals surface area contributed by atoms with E-state index in [4.69, 9.17) is 16.3 Å². The predicted octanol–water partition coefficient (Wildman–Crippen LogP) is 7.76. The van der Waals surface area contributed by atoms with Gasteiger partial charge in [0.05, 0.1) is 16.3 Å². The number of thioether (sulfide) groups is 1. The largest absolute Gasteiger partial charge is 0.489 e. The number of rotatable bonds is 13. The van der Waals surface area contributed by atoms with Crippen LogP contribution in [0.5, 0.6) is 5.75 Å². The Morgan fingerprint density at radius 1 is 0.755 bits per heavy atom. The quantitative estimate of drug-likeness (QED) is 0.0733. The number of benzene rings is 5. The van der Waals surface area contributed by atoms with Crippen LogP contribution in [0.2, 0.25) is 5.02 Å². The van der Waals surface area contributed by atoms with Crippen molar-refractivity contribution < 1.29 is 29.0 Å². The zero-order valence-corrected chi connectivity index (χ0v) is 27.5. The number of anilines is 2. The minimum atomic E-state index is -1.19. The van der Waals surface area contributed by atoms with E-state index in [-0.39, 0.29) is 27.9 Å². The van der Waals surface area contributed by atoms with Gasteiger partial charge in [0.1, 0.15) is 18.1 Å². The highest BCUT2D eigenvalue weighted by atomic mass is 35.5. The first-order chi connectivity index (χ1) is 23.7. The lowest BCUT2D eigenvalue weighted by Gasteiger charge is -2.12. The fourth-order valence-corrected chi connectivity index (χ4v) is 5.35. The van der Waals surface area contributed by atoms with Gasteiger partial charge in [0.15, 0.2) is 0 Å². The van der Waals surface area contributed by atoms with E-state index in [0.717, 1.165) is 10.5 Å². The van der Waals surface area contributed by atoms with E-state index in [1.807, 2.05) is 30.3 Å². The molecule has 0 spiro atoms. The molecule has 0 bridgehead atoms. The summed E-state index contributed by atoms with van der Waals surface area (Å²) in [7, 11) is 0. The van der Waals surface area contributed by atoms with Crippen molar-refractivity contribution in [3.05, 3.63) is 160 Å². The van der Waals surface area contributed by atoms with Crippen molar-refractivity contribution in [3.63, 3.8) is 0 Å². The molecular weight excluding hydrogens is 662 g/mol. The second-order valence-corrected chi connectivity index (χ2v) is 12.0. The molecule has 3 amide bonds. The molecule has 0 aliphatic heterocycles. The number of aromatic carboxylic acids is 1. The van der Waals surface area contributed by atoms with Crippen LogP contribution >= 0.6 is 23.4 Å². The van der Waals surface area contributed by atoms with E-state index >= 15 is 0 Å².